The van der Waals surface area contributed by atoms with Crippen LogP contribution in [0, 0.1) is 5.41 Å². The lowest BCUT2D eigenvalue weighted by Crippen LogP contribution is -2.45. The molecule has 0 radical (unpaired) electrons. The minimum atomic E-state index is 0.342. The predicted molar refractivity (Wildman–Crippen MR) is 98.9 cm³/mol. The minimum absolute atomic E-state index is 0.342. The van der Waals surface area contributed by atoms with E-state index in [0.717, 1.165) is 6.54 Å². The summed E-state index contributed by atoms with van der Waals surface area (Å²) in [6, 6.07) is 17.7. The molecule has 120 valence electrons. The Labute approximate surface area is 143 Å². The maximum atomic E-state index is 2.56. The van der Waals surface area contributed by atoms with E-state index in [2.05, 4.69) is 72.3 Å². The predicted octanol–water partition coefficient (Wildman–Crippen LogP) is 5.02. The highest BCUT2D eigenvalue weighted by atomic mass is 32.2. The van der Waals surface area contributed by atoms with Crippen LogP contribution in [0.25, 0.3) is 0 Å². The van der Waals surface area contributed by atoms with Gasteiger partial charge in [0, 0.05) is 22.9 Å². The molecule has 2 aliphatic heterocycles. The van der Waals surface area contributed by atoms with E-state index in [1.54, 1.807) is 0 Å². The summed E-state index contributed by atoms with van der Waals surface area (Å²) in [7, 11) is 2.26. The van der Waals surface area contributed by atoms with Crippen molar-refractivity contribution in [3.05, 3.63) is 48.5 Å². The molecule has 1 unspecified atom stereocenters. The third kappa shape index (κ3) is 2.88. The molecule has 2 aliphatic rings. The van der Waals surface area contributed by atoms with E-state index >= 15 is 0 Å². The van der Waals surface area contributed by atoms with Gasteiger partial charge in [-0.25, -0.2) is 0 Å². The molecule has 23 heavy (non-hydrogen) atoms. The smallest absolute Gasteiger partial charge is 0.0553 e. The number of rotatable bonds is 2. The zero-order valence-corrected chi connectivity index (χ0v) is 14.8. The summed E-state index contributed by atoms with van der Waals surface area (Å²) >= 11 is 1.90. The van der Waals surface area contributed by atoms with Gasteiger partial charge in [0.1, 0.15) is 0 Å². The normalized spacial score (nSPS) is 24.2. The Hall–Kier alpha value is -1.45. The van der Waals surface area contributed by atoms with Gasteiger partial charge >= 0.3 is 0 Å². The topological polar surface area (TPSA) is 6.48 Å². The summed E-state index contributed by atoms with van der Waals surface area (Å²) in [5, 5.41) is 0. The number of hydrogen-bond acceptors (Lipinski definition) is 3. The molecule has 2 aromatic rings. The molecule has 0 saturated carbocycles. The van der Waals surface area contributed by atoms with Crippen molar-refractivity contribution < 1.29 is 0 Å². The van der Waals surface area contributed by atoms with Gasteiger partial charge in [-0.05, 0) is 56.1 Å². The molecule has 1 fully saturated rings. The molecule has 0 bridgehead atoms. The van der Waals surface area contributed by atoms with Crippen LogP contribution in [-0.2, 0) is 0 Å². The van der Waals surface area contributed by atoms with E-state index in [-0.39, 0.29) is 0 Å². The van der Waals surface area contributed by atoms with Crippen molar-refractivity contribution >= 4 is 23.1 Å². The summed E-state index contributed by atoms with van der Waals surface area (Å²) in [4.78, 5) is 7.79. The van der Waals surface area contributed by atoms with Gasteiger partial charge < -0.3 is 9.80 Å². The van der Waals surface area contributed by atoms with Gasteiger partial charge in [0.05, 0.1) is 11.4 Å². The highest BCUT2D eigenvalue weighted by Gasteiger charge is 2.34. The van der Waals surface area contributed by atoms with E-state index in [1.165, 1.54) is 47.1 Å². The zero-order chi connectivity index (χ0) is 15.9. The van der Waals surface area contributed by atoms with Crippen LogP contribution < -0.4 is 4.90 Å². The number of nitrogens with zero attached hydrogens (tertiary/aromatic N) is 2. The number of piperidine rings is 1. The van der Waals surface area contributed by atoms with E-state index < -0.39 is 0 Å². The molecule has 1 saturated heterocycles. The first-order chi connectivity index (χ1) is 11.1. The highest BCUT2D eigenvalue weighted by molar-refractivity contribution is 7.99. The molecule has 2 aromatic carbocycles. The third-order valence-corrected chi connectivity index (χ3v) is 6.17. The molecule has 2 nitrogen and oxygen atoms in total. The second-order valence-corrected chi connectivity index (χ2v) is 8.36. The van der Waals surface area contributed by atoms with Gasteiger partial charge in [0.15, 0.2) is 0 Å². The fourth-order valence-corrected chi connectivity index (χ4v) is 5.14. The molecule has 3 heteroatoms. The van der Waals surface area contributed by atoms with Crippen LogP contribution in [0.15, 0.2) is 58.3 Å². The number of para-hydroxylation sites is 2. The lowest BCUT2D eigenvalue weighted by atomic mass is 9.81. The lowest BCUT2D eigenvalue weighted by molar-refractivity contribution is 0.133. The van der Waals surface area contributed by atoms with Gasteiger partial charge in [-0.3, -0.25) is 0 Å². The van der Waals surface area contributed by atoms with Gasteiger partial charge in [-0.1, -0.05) is 43.0 Å². The van der Waals surface area contributed by atoms with Crippen LogP contribution in [0.4, 0.5) is 11.4 Å². The van der Waals surface area contributed by atoms with Gasteiger partial charge in [-0.15, -0.1) is 0 Å². The molecule has 0 aliphatic carbocycles. The van der Waals surface area contributed by atoms with E-state index in [9.17, 15) is 0 Å². The summed E-state index contributed by atoms with van der Waals surface area (Å²) in [5.41, 5.74) is 3.08. The van der Waals surface area contributed by atoms with Crippen LogP contribution >= 0.6 is 11.8 Å². The number of hydrogen-bond donors (Lipinski definition) is 0. The number of likely N-dealkylation sites (tertiary alicyclic amines) is 1. The largest absolute Gasteiger partial charge is 0.339 e. The fraction of sp³-hybridized carbons (Fsp3) is 0.400. The van der Waals surface area contributed by atoms with Crippen molar-refractivity contribution in [3.8, 4) is 0 Å². The van der Waals surface area contributed by atoms with Crippen molar-refractivity contribution in [3.63, 3.8) is 0 Å². The van der Waals surface area contributed by atoms with Gasteiger partial charge in [-0.2, -0.15) is 0 Å². The quantitative estimate of drug-likeness (QED) is 0.766. The SMILES string of the molecule is CN1CCCC(C)(CN2c3ccccc3Sc3ccccc32)C1. The maximum Gasteiger partial charge on any atom is 0.0553 e. The van der Waals surface area contributed by atoms with Crippen LogP contribution in [0.1, 0.15) is 19.8 Å². The van der Waals surface area contributed by atoms with E-state index in [1.807, 2.05) is 11.8 Å². The van der Waals surface area contributed by atoms with Crippen molar-refractivity contribution in [2.75, 3.05) is 31.6 Å². The zero-order valence-electron chi connectivity index (χ0n) is 14.0. The Morgan fingerprint density at radius 2 is 1.61 bits per heavy atom. The van der Waals surface area contributed by atoms with Gasteiger partial charge in [0.2, 0.25) is 0 Å². The Morgan fingerprint density at radius 1 is 1.00 bits per heavy atom. The number of benzene rings is 2. The second-order valence-electron chi connectivity index (χ2n) is 7.28. The van der Waals surface area contributed by atoms with Crippen LogP contribution in [0.2, 0.25) is 0 Å². The molecule has 1 atom stereocenters. The highest BCUT2D eigenvalue weighted by Crippen LogP contribution is 2.49. The van der Waals surface area contributed by atoms with Crippen LogP contribution in [-0.4, -0.2) is 31.6 Å². The summed E-state index contributed by atoms with van der Waals surface area (Å²) < 4.78 is 0. The summed E-state index contributed by atoms with van der Waals surface area (Å²) in [6.45, 7) is 5.96. The van der Waals surface area contributed by atoms with Crippen molar-refractivity contribution in [1.29, 1.82) is 0 Å². The molecule has 0 aromatic heterocycles. The Kier molecular flexibility index (Phi) is 3.86. The maximum absolute atomic E-state index is 2.56. The Bertz CT molecular complexity index is 669. The number of fused-ring (bicyclic) bond motifs is 2. The first kappa shape index (κ1) is 15.1. The van der Waals surface area contributed by atoms with Gasteiger partial charge in [0.25, 0.3) is 0 Å². The third-order valence-electron chi connectivity index (χ3n) is 5.04. The molecule has 0 N–H and O–H groups in total. The minimum Gasteiger partial charge on any atom is -0.339 e. The average Bonchev–Trinajstić information content (AvgIpc) is 2.54. The van der Waals surface area contributed by atoms with Crippen LogP contribution in [0.5, 0.6) is 0 Å². The van der Waals surface area contributed by atoms with E-state index in [0.29, 0.717) is 5.41 Å². The van der Waals surface area contributed by atoms with Crippen molar-refractivity contribution in [2.24, 2.45) is 5.41 Å². The first-order valence-corrected chi connectivity index (χ1v) is 9.28. The molecule has 0 amide bonds. The summed E-state index contributed by atoms with van der Waals surface area (Å²) in [6.07, 6.45) is 2.62. The number of anilines is 2. The van der Waals surface area contributed by atoms with Crippen molar-refractivity contribution in [1.82, 2.24) is 4.90 Å². The van der Waals surface area contributed by atoms with E-state index in [4.69, 9.17) is 0 Å². The lowest BCUT2D eigenvalue weighted by Gasteiger charge is -2.44. The van der Waals surface area contributed by atoms with Crippen molar-refractivity contribution in [2.45, 2.75) is 29.6 Å². The fourth-order valence-electron chi connectivity index (χ4n) is 4.05. The molecule has 2 heterocycles. The standard InChI is InChI=1S/C20H24N2S/c1-20(12-7-13-21(2)14-20)15-22-16-8-3-5-10-18(16)23-19-11-6-4-9-17(19)22/h3-6,8-11H,7,12-15H2,1-2H3. The molecule has 4 rings (SSSR count). The second kappa shape index (κ2) is 5.88. The molecular formula is C20H24N2S. The van der Waals surface area contributed by atoms with Crippen LogP contribution in [0.3, 0.4) is 0 Å². The molecular weight excluding hydrogens is 300 g/mol. The first-order valence-electron chi connectivity index (χ1n) is 8.47. The monoisotopic (exact) mass is 324 g/mol. The molecule has 0 spiro atoms. The Balaban J connectivity index is 1.73. The Morgan fingerprint density at radius 3 is 2.22 bits per heavy atom. The summed E-state index contributed by atoms with van der Waals surface area (Å²) in [5.74, 6) is 0. The average molecular weight is 324 g/mol.